The summed E-state index contributed by atoms with van der Waals surface area (Å²) < 4.78 is 10.5. The van der Waals surface area contributed by atoms with E-state index in [0.717, 1.165) is 57.9 Å². The van der Waals surface area contributed by atoms with E-state index in [1.165, 1.54) is 4.90 Å². The quantitative estimate of drug-likeness (QED) is 0.156. The second-order valence-corrected chi connectivity index (χ2v) is 8.49. The predicted octanol–water partition coefficient (Wildman–Crippen LogP) is 7.51. The van der Waals surface area contributed by atoms with Gasteiger partial charge in [-0.1, -0.05) is 18.2 Å². The van der Waals surface area contributed by atoms with Gasteiger partial charge in [0.25, 0.3) is 0 Å². The fraction of sp³-hybridized carbons (Fsp3) is 0.231. The Morgan fingerprint density at radius 3 is 2.22 bits per heavy atom. The number of ether oxygens (including phenoxy) is 2. The number of para-hydroxylation sites is 1. The lowest BCUT2D eigenvalue weighted by atomic mass is 10.1. The molecule has 0 saturated heterocycles. The highest BCUT2D eigenvalue weighted by Gasteiger charge is 2.13. The van der Waals surface area contributed by atoms with Crippen LogP contribution in [-0.4, -0.2) is 31.5 Å². The number of nitrogens with zero attached hydrogens (tertiary/aromatic N) is 2. The molecule has 5 nitrogen and oxygen atoms in total. The molecule has 0 spiro atoms. The largest absolute Gasteiger partial charge is 0.497 e. The summed E-state index contributed by atoms with van der Waals surface area (Å²) in [5.74, 6) is 2.79. The van der Waals surface area contributed by atoms with E-state index in [0.29, 0.717) is 6.54 Å². The van der Waals surface area contributed by atoms with Gasteiger partial charge in [-0.3, -0.25) is 0 Å². The molecule has 0 unspecified atom stereocenters. The standard InChI is InChI=1S/C26H27N3O2S/c1-30-20-11-9-19(10-12-20)25-26(23-7-3-4-8-24(23)28-25)29-27-17-5-6-18-32-22-15-13-21(31-2)14-16-22/h3-4,7-16,28H,5-6,17-18H2,1-2H3/b29-27+. The number of nitrogens with one attached hydrogen (secondary N) is 1. The Morgan fingerprint density at radius 1 is 0.812 bits per heavy atom. The first-order valence-corrected chi connectivity index (χ1v) is 11.7. The summed E-state index contributed by atoms with van der Waals surface area (Å²) >= 11 is 1.86. The lowest BCUT2D eigenvalue weighted by Gasteiger charge is -2.03. The second-order valence-electron chi connectivity index (χ2n) is 7.32. The molecule has 0 aliphatic heterocycles. The number of benzene rings is 3. The number of hydrogen-bond donors (Lipinski definition) is 1. The number of hydrogen-bond acceptors (Lipinski definition) is 5. The molecule has 6 heteroatoms. The molecule has 0 bridgehead atoms. The zero-order chi connectivity index (χ0) is 22.2. The Hall–Kier alpha value is -3.25. The van der Waals surface area contributed by atoms with Crippen LogP contribution in [0, 0.1) is 0 Å². The van der Waals surface area contributed by atoms with Gasteiger partial charge in [0.2, 0.25) is 0 Å². The van der Waals surface area contributed by atoms with Gasteiger partial charge < -0.3 is 14.5 Å². The van der Waals surface area contributed by atoms with Crippen LogP contribution in [0.1, 0.15) is 12.8 Å². The normalized spacial score (nSPS) is 11.3. The van der Waals surface area contributed by atoms with E-state index in [1.807, 2.05) is 60.3 Å². The van der Waals surface area contributed by atoms with Crippen molar-refractivity contribution in [2.75, 3.05) is 26.5 Å². The minimum absolute atomic E-state index is 0.713. The van der Waals surface area contributed by atoms with Gasteiger partial charge in [-0.15, -0.1) is 11.8 Å². The van der Waals surface area contributed by atoms with Crippen molar-refractivity contribution in [3.63, 3.8) is 0 Å². The summed E-state index contributed by atoms with van der Waals surface area (Å²) in [7, 11) is 3.36. The zero-order valence-corrected chi connectivity index (χ0v) is 19.2. The van der Waals surface area contributed by atoms with Crippen molar-refractivity contribution >= 4 is 28.4 Å². The SMILES string of the molecule is COc1ccc(SCCCC/N=N/c2c(-c3ccc(OC)cc3)[nH]c3ccccc23)cc1. The van der Waals surface area contributed by atoms with Gasteiger partial charge in [0.15, 0.2) is 0 Å². The van der Waals surface area contributed by atoms with Crippen molar-refractivity contribution in [1.29, 1.82) is 0 Å². The van der Waals surface area contributed by atoms with Gasteiger partial charge in [-0.25, -0.2) is 0 Å². The first-order valence-electron chi connectivity index (χ1n) is 10.7. The number of rotatable bonds is 10. The van der Waals surface area contributed by atoms with Gasteiger partial charge in [0, 0.05) is 21.4 Å². The highest BCUT2D eigenvalue weighted by atomic mass is 32.2. The van der Waals surface area contributed by atoms with Gasteiger partial charge in [0.1, 0.15) is 17.2 Å². The lowest BCUT2D eigenvalue weighted by Crippen LogP contribution is -1.85. The Labute approximate surface area is 192 Å². The summed E-state index contributed by atoms with van der Waals surface area (Å²) in [6.07, 6.45) is 2.10. The molecule has 0 atom stereocenters. The van der Waals surface area contributed by atoms with E-state index in [2.05, 4.69) is 39.5 Å². The fourth-order valence-corrected chi connectivity index (χ4v) is 4.38. The van der Waals surface area contributed by atoms with Crippen molar-refractivity contribution in [3.05, 3.63) is 72.8 Å². The maximum absolute atomic E-state index is 5.28. The molecule has 0 fully saturated rings. The number of thioether (sulfide) groups is 1. The van der Waals surface area contributed by atoms with Crippen molar-refractivity contribution in [2.24, 2.45) is 10.2 Å². The lowest BCUT2D eigenvalue weighted by molar-refractivity contribution is 0.414. The number of aromatic amines is 1. The average molecular weight is 446 g/mol. The summed E-state index contributed by atoms with van der Waals surface area (Å²) in [5, 5.41) is 10.2. The van der Waals surface area contributed by atoms with E-state index in [1.54, 1.807) is 14.2 Å². The van der Waals surface area contributed by atoms with Crippen molar-refractivity contribution in [1.82, 2.24) is 4.98 Å². The molecule has 1 heterocycles. The number of methoxy groups -OCH3 is 2. The minimum Gasteiger partial charge on any atom is -0.497 e. The highest BCUT2D eigenvalue weighted by molar-refractivity contribution is 7.99. The molecule has 0 saturated carbocycles. The van der Waals surface area contributed by atoms with Gasteiger partial charge >= 0.3 is 0 Å². The molecule has 164 valence electrons. The van der Waals surface area contributed by atoms with Crippen LogP contribution < -0.4 is 9.47 Å². The molecular formula is C26H27N3O2S. The average Bonchev–Trinajstić information content (AvgIpc) is 3.22. The first-order chi connectivity index (χ1) is 15.8. The van der Waals surface area contributed by atoms with Crippen molar-refractivity contribution in [3.8, 4) is 22.8 Å². The number of H-pyrrole nitrogens is 1. The Morgan fingerprint density at radius 2 is 1.50 bits per heavy atom. The number of unbranched alkanes of at least 4 members (excludes halogenated alkanes) is 1. The molecule has 0 aliphatic rings. The molecule has 3 aromatic carbocycles. The van der Waals surface area contributed by atoms with Gasteiger partial charge in [0.05, 0.1) is 26.5 Å². The second kappa shape index (κ2) is 10.9. The predicted molar refractivity (Wildman–Crippen MR) is 133 cm³/mol. The first kappa shape index (κ1) is 22.0. The van der Waals surface area contributed by atoms with Gasteiger partial charge in [-0.05, 0) is 73.2 Å². The van der Waals surface area contributed by atoms with E-state index in [4.69, 9.17) is 9.47 Å². The van der Waals surface area contributed by atoms with Crippen LogP contribution in [0.3, 0.4) is 0 Å². The minimum atomic E-state index is 0.713. The molecule has 4 aromatic rings. The van der Waals surface area contributed by atoms with Crippen LogP contribution in [0.15, 0.2) is 87.9 Å². The topological polar surface area (TPSA) is 59.0 Å². The molecule has 32 heavy (non-hydrogen) atoms. The van der Waals surface area contributed by atoms with Crippen molar-refractivity contribution in [2.45, 2.75) is 17.7 Å². The molecule has 0 aliphatic carbocycles. The molecule has 0 amide bonds. The Kier molecular flexibility index (Phi) is 7.46. The van der Waals surface area contributed by atoms with Crippen LogP contribution >= 0.6 is 11.8 Å². The van der Waals surface area contributed by atoms with E-state index in [-0.39, 0.29) is 0 Å². The van der Waals surface area contributed by atoms with E-state index in [9.17, 15) is 0 Å². The maximum atomic E-state index is 5.28. The number of fused-ring (bicyclic) bond motifs is 1. The summed E-state index contributed by atoms with van der Waals surface area (Å²) in [6, 6.07) is 24.4. The molecular weight excluding hydrogens is 418 g/mol. The summed E-state index contributed by atoms with van der Waals surface area (Å²) in [6.45, 7) is 0.713. The number of azo groups is 1. The van der Waals surface area contributed by atoms with Crippen molar-refractivity contribution < 1.29 is 9.47 Å². The van der Waals surface area contributed by atoms with Crippen LogP contribution in [0.25, 0.3) is 22.2 Å². The third-order valence-corrected chi connectivity index (χ3v) is 6.31. The molecule has 4 rings (SSSR count). The Balaban J connectivity index is 1.37. The number of aromatic nitrogens is 1. The molecule has 1 aromatic heterocycles. The highest BCUT2D eigenvalue weighted by Crippen LogP contribution is 2.38. The van der Waals surface area contributed by atoms with Crippen LogP contribution in [0.4, 0.5) is 5.69 Å². The summed E-state index contributed by atoms with van der Waals surface area (Å²) in [5.41, 5.74) is 3.99. The van der Waals surface area contributed by atoms with Gasteiger partial charge in [-0.2, -0.15) is 10.2 Å². The van der Waals surface area contributed by atoms with E-state index >= 15 is 0 Å². The monoisotopic (exact) mass is 445 g/mol. The van der Waals surface area contributed by atoms with Crippen LogP contribution in [0.5, 0.6) is 11.5 Å². The molecule has 0 radical (unpaired) electrons. The smallest absolute Gasteiger partial charge is 0.119 e. The third-order valence-electron chi connectivity index (χ3n) is 5.21. The summed E-state index contributed by atoms with van der Waals surface area (Å²) in [4.78, 5) is 4.76. The van der Waals surface area contributed by atoms with Crippen LogP contribution in [0.2, 0.25) is 0 Å². The van der Waals surface area contributed by atoms with Crippen LogP contribution in [-0.2, 0) is 0 Å². The maximum Gasteiger partial charge on any atom is 0.119 e. The van der Waals surface area contributed by atoms with E-state index < -0.39 is 0 Å². The third kappa shape index (κ3) is 5.32. The fourth-order valence-electron chi connectivity index (χ4n) is 3.46. The zero-order valence-electron chi connectivity index (χ0n) is 18.4. The molecule has 1 N–H and O–H groups in total. The Bertz CT molecular complexity index is 1170.